The lowest BCUT2D eigenvalue weighted by Gasteiger charge is -2.40. The van der Waals surface area contributed by atoms with Gasteiger partial charge in [-0.15, -0.1) is 0 Å². The first-order valence-electron chi connectivity index (χ1n) is 10.4. The Morgan fingerprint density at radius 2 is 1.83 bits per heavy atom. The zero-order chi connectivity index (χ0) is 20.8. The fourth-order valence-corrected chi connectivity index (χ4v) is 4.93. The van der Waals surface area contributed by atoms with Gasteiger partial charge in [0.1, 0.15) is 0 Å². The summed E-state index contributed by atoms with van der Waals surface area (Å²) in [6, 6.07) is 19.4. The predicted octanol–water partition coefficient (Wildman–Crippen LogP) is 5.04. The smallest absolute Gasteiger partial charge is 0.308 e. The molecule has 1 aliphatic carbocycles. The van der Waals surface area contributed by atoms with Crippen LogP contribution in [0.5, 0.6) is 11.5 Å². The van der Waals surface area contributed by atoms with Crippen LogP contribution >= 0.6 is 0 Å². The fourth-order valence-electron chi connectivity index (χ4n) is 4.93. The molecule has 0 spiro atoms. The lowest BCUT2D eigenvalue weighted by Crippen LogP contribution is -2.35. The summed E-state index contributed by atoms with van der Waals surface area (Å²) < 4.78 is 11.3. The van der Waals surface area contributed by atoms with Crippen LogP contribution < -0.4 is 9.47 Å². The maximum atomic E-state index is 11.9. The monoisotopic (exact) mass is 399 g/mol. The van der Waals surface area contributed by atoms with Gasteiger partial charge in [-0.3, -0.25) is 9.69 Å². The summed E-state index contributed by atoms with van der Waals surface area (Å²) in [6.07, 6.45) is 1.91. The van der Waals surface area contributed by atoms with Crippen LogP contribution in [-0.2, 0) is 17.6 Å². The number of rotatable bonds is 3. The Hall–Kier alpha value is -3.11. The molecule has 0 saturated heterocycles. The molecule has 3 aromatic carbocycles. The van der Waals surface area contributed by atoms with Crippen LogP contribution in [0.3, 0.4) is 0 Å². The van der Waals surface area contributed by atoms with Gasteiger partial charge in [-0.25, -0.2) is 0 Å². The van der Waals surface area contributed by atoms with E-state index < -0.39 is 0 Å². The Labute approximate surface area is 177 Å². The molecule has 2 aliphatic rings. The summed E-state index contributed by atoms with van der Waals surface area (Å²) in [5, 5.41) is 0. The van der Waals surface area contributed by atoms with Gasteiger partial charge in [0.05, 0.1) is 7.11 Å². The topological polar surface area (TPSA) is 38.8 Å². The van der Waals surface area contributed by atoms with Crippen molar-refractivity contribution in [3.05, 3.63) is 71.3 Å². The summed E-state index contributed by atoms with van der Waals surface area (Å²) in [5.74, 6) is 0.779. The molecule has 0 bridgehead atoms. The SMILES string of the molecule is COc1ccc2c(c1OC(C)=O)-c1cc(-c3ccccc3)cc3c1[C@@H](C2)N(C)CC3. The second kappa shape index (κ2) is 7.29. The number of benzene rings is 3. The minimum Gasteiger partial charge on any atom is -0.493 e. The van der Waals surface area contributed by atoms with E-state index in [1.807, 2.05) is 12.1 Å². The Balaban J connectivity index is 1.82. The molecule has 0 aromatic heterocycles. The molecule has 1 aliphatic heterocycles. The van der Waals surface area contributed by atoms with Crippen molar-refractivity contribution in [2.24, 2.45) is 0 Å². The molecule has 4 nitrogen and oxygen atoms in total. The van der Waals surface area contributed by atoms with Crippen LogP contribution in [0.15, 0.2) is 54.6 Å². The van der Waals surface area contributed by atoms with E-state index in [0.717, 1.165) is 30.5 Å². The van der Waals surface area contributed by atoms with Crippen molar-refractivity contribution in [1.82, 2.24) is 4.90 Å². The zero-order valence-electron chi connectivity index (χ0n) is 17.6. The average molecular weight is 399 g/mol. The molecule has 0 saturated carbocycles. The van der Waals surface area contributed by atoms with Crippen molar-refractivity contribution in [3.63, 3.8) is 0 Å². The number of methoxy groups -OCH3 is 1. The molecule has 1 atom stereocenters. The molecule has 0 unspecified atom stereocenters. The number of hydrogen-bond acceptors (Lipinski definition) is 4. The number of hydrogen-bond donors (Lipinski definition) is 0. The highest BCUT2D eigenvalue weighted by Gasteiger charge is 2.35. The van der Waals surface area contributed by atoms with E-state index >= 15 is 0 Å². The van der Waals surface area contributed by atoms with E-state index in [2.05, 4.69) is 54.4 Å². The lowest BCUT2D eigenvalue weighted by atomic mass is 9.75. The van der Waals surface area contributed by atoms with E-state index in [1.165, 1.54) is 34.7 Å². The van der Waals surface area contributed by atoms with Crippen molar-refractivity contribution in [2.45, 2.75) is 25.8 Å². The second-order valence-electron chi connectivity index (χ2n) is 8.14. The highest BCUT2D eigenvalue weighted by Crippen LogP contribution is 2.51. The van der Waals surface area contributed by atoms with E-state index in [4.69, 9.17) is 9.47 Å². The van der Waals surface area contributed by atoms with Gasteiger partial charge in [0.15, 0.2) is 11.5 Å². The molecule has 152 valence electrons. The molecule has 1 heterocycles. The van der Waals surface area contributed by atoms with Gasteiger partial charge in [-0.2, -0.15) is 0 Å². The van der Waals surface area contributed by atoms with Crippen molar-refractivity contribution >= 4 is 5.97 Å². The van der Waals surface area contributed by atoms with Gasteiger partial charge in [-0.1, -0.05) is 42.5 Å². The number of fused-ring (bicyclic) bond motifs is 2. The predicted molar refractivity (Wildman–Crippen MR) is 118 cm³/mol. The normalized spacial score (nSPS) is 17.1. The molecule has 0 radical (unpaired) electrons. The number of nitrogens with zero attached hydrogens (tertiary/aromatic N) is 1. The minimum absolute atomic E-state index is 0.333. The summed E-state index contributed by atoms with van der Waals surface area (Å²) in [5.41, 5.74) is 8.46. The Morgan fingerprint density at radius 3 is 2.57 bits per heavy atom. The van der Waals surface area contributed by atoms with Gasteiger partial charge >= 0.3 is 5.97 Å². The summed E-state index contributed by atoms with van der Waals surface area (Å²) >= 11 is 0. The Morgan fingerprint density at radius 1 is 1.03 bits per heavy atom. The highest BCUT2D eigenvalue weighted by atomic mass is 16.6. The van der Waals surface area contributed by atoms with Crippen LogP contribution in [0.25, 0.3) is 22.3 Å². The summed E-state index contributed by atoms with van der Waals surface area (Å²) in [7, 11) is 3.81. The van der Waals surface area contributed by atoms with Gasteiger partial charge in [0.2, 0.25) is 0 Å². The Kier molecular flexibility index (Phi) is 4.59. The number of esters is 1. The third kappa shape index (κ3) is 2.99. The van der Waals surface area contributed by atoms with Crippen LogP contribution in [0.1, 0.15) is 29.7 Å². The number of carbonyl (C=O) groups is 1. The zero-order valence-corrected chi connectivity index (χ0v) is 17.6. The largest absolute Gasteiger partial charge is 0.493 e. The third-order valence-corrected chi connectivity index (χ3v) is 6.33. The van der Waals surface area contributed by atoms with E-state index in [1.54, 1.807) is 7.11 Å². The minimum atomic E-state index is -0.339. The van der Waals surface area contributed by atoms with Gasteiger partial charge in [0.25, 0.3) is 0 Å². The lowest BCUT2D eigenvalue weighted by molar-refractivity contribution is -0.131. The van der Waals surface area contributed by atoms with Crippen LogP contribution in [0.4, 0.5) is 0 Å². The molecule has 0 fully saturated rings. The fraction of sp³-hybridized carbons (Fsp3) is 0.269. The van der Waals surface area contributed by atoms with Crippen LogP contribution in [0, 0.1) is 0 Å². The number of ether oxygens (including phenoxy) is 2. The van der Waals surface area contributed by atoms with Crippen LogP contribution in [0.2, 0.25) is 0 Å². The van der Waals surface area contributed by atoms with E-state index in [-0.39, 0.29) is 5.97 Å². The highest BCUT2D eigenvalue weighted by molar-refractivity contribution is 5.88. The first-order chi connectivity index (χ1) is 14.6. The average Bonchev–Trinajstić information content (AvgIpc) is 2.76. The van der Waals surface area contributed by atoms with Crippen molar-refractivity contribution in [2.75, 3.05) is 20.7 Å². The van der Waals surface area contributed by atoms with E-state index in [9.17, 15) is 4.79 Å². The molecule has 0 amide bonds. The number of carbonyl (C=O) groups excluding carboxylic acids is 1. The molecule has 5 rings (SSSR count). The Bertz CT molecular complexity index is 1140. The van der Waals surface area contributed by atoms with E-state index in [0.29, 0.717) is 17.5 Å². The summed E-state index contributed by atoms with van der Waals surface area (Å²) in [4.78, 5) is 14.4. The second-order valence-corrected chi connectivity index (χ2v) is 8.14. The summed E-state index contributed by atoms with van der Waals surface area (Å²) in [6.45, 7) is 2.48. The van der Waals surface area contributed by atoms with Gasteiger partial charge < -0.3 is 9.47 Å². The third-order valence-electron chi connectivity index (χ3n) is 6.33. The number of likely N-dealkylation sites (N-methyl/N-ethyl adjacent to an activating group) is 1. The first kappa shape index (κ1) is 18.9. The molecular formula is C26H25NO3. The maximum Gasteiger partial charge on any atom is 0.308 e. The standard InChI is InChI=1S/C26H25NO3/c1-16(28)30-26-23(29-3)10-9-18-15-22-24-19(11-12-27(22)2)13-20(14-21(24)25(18)26)17-7-5-4-6-8-17/h4-10,13-14,22H,11-12,15H2,1-3H3/t22-/m1/s1. The first-order valence-corrected chi connectivity index (χ1v) is 10.4. The van der Waals surface area contributed by atoms with Crippen molar-refractivity contribution in [3.8, 4) is 33.8 Å². The molecular weight excluding hydrogens is 374 g/mol. The molecule has 3 aromatic rings. The van der Waals surface area contributed by atoms with Crippen molar-refractivity contribution in [1.29, 1.82) is 0 Å². The van der Waals surface area contributed by atoms with Gasteiger partial charge in [-0.05, 0) is 65.4 Å². The molecule has 0 N–H and O–H groups in total. The van der Waals surface area contributed by atoms with Crippen LogP contribution in [-0.4, -0.2) is 31.6 Å². The van der Waals surface area contributed by atoms with Gasteiger partial charge in [0, 0.05) is 25.1 Å². The molecule has 4 heteroatoms. The maximum absolute atomic E-state index is 11.9. The quantitative estimate of drug-likeness (QED) is 0.457. The molecule has 30 heavy (non-hydrogen) atoms. The van der Waals surface area contributed by atoms with Crippen molar-refractivity contribution < 1.29 is 14.3 Å².